The van der Waals surface area contributed by atoms with Gasteiger partial charge in [-0.15, -0.1) is 0 Å². The second-order valence-electron chi connectivity index (χ2n) is 10.4. The summed E-state index contributed by atoms with van der Waals surface area (Å²) in [6, 6.07) is 6.24. The summed E-state index contributed by atoms with van der Waals surface area (Å²) in [5.74, 6) is 2.56. The molecule has 0 bridgehead atoms. The summed E-state index contributed by atoms with van der Waals surface area (Å²) in [7, 11) is 0. The number of pyridine rings is 2. The lowest BCUT2D eigenvalue weighted by molar-refractivity contribution is -0.133. The Bertz CT molecular complexity index is 1270. The molecule has 5 heterocycles. The van der Waals surface area contributed by atoms with Gasteiger partial charge in [-0.25, -0.2) is 9.97 Å². The lowest BCUT2D eigenvalue weighted by Crippen LogP contribution is -2.47. The molecule has 2 saturated heterocycles. The van der Waals surface area contributed by atoms with Gasteiger partial charge >= 0.3 is 0 Å². The zero-order chi connectivity index (χ0) is 27.1. The third kappa shape index (κ3) is 6.50. The fraction of sp³-hybridized carbons (Fsp3) is 0.536. The molecular weight excluding hydrogens is 512 g/mol. The number of hydrogen-bond acceptors (Lipinski definition) is 11. The number of fused-ring (bicyclic) bond motifs is 1. The van der Waals surface area contributed by atoms with E-state index in [1.165, 1.54) is 0 Å². The normalized spacial score (nSPS) is 21.7. The molecule has 2 N–H and O–H groups in total. The fourth-order valence-corrected chi connectivity index (χ4v) is 5.36. The number of carbonyl (C=O) groups is 1. The van der Waals surface area contributed by atoms with Crippen LogP contribution in [0.25, 0.3) is 10.9 Å². The molecule has 1 aliphatic carbocycles. The van der Waals surface area contributed by atoms with Crippen LogP contribution in [0.3, 0.4) is 0 Å². The first-order chi connectivity index (χ1) is 19.7. The molecule has 3 fully saturated rings. The zero-order valence-electron chi connectivity index (χ0n) is 22.6. The van der Waals surface area contributed by atoms with Crippen LogP contribution in [0.1, 0.15) is 25.7 Å². The van der Waals surface area contributed by atoms with E-state index in [-0.39, 0.29) is 24.7 Å². The SMILES string of the molecule is O=C(COc1cnc(NC2CCC(Oc3nc(N4CCOCC4)cc4ncccc34)CC2)nc1)N1CCNCC1. The molecule has 0 radical (unpaired) electrons. The Morgan fingerprint density at radius 1 is 1.05 bits per heavy atom. The molecule has 212 valence electrons. The van der Waals surface area contributed by atoms with Crippen molar-refractivity contribution in [2.45, 2.75) is 37.8 Å². The van der Waals surface area contributed by atoms with Crippen LogP contribution < -0.4 is 25.0 Å². The smallest absolute Gasteiger partial charge is 0.260 e. The van der Waals surface area contributed by atoms with Gasteiger partial charge < -0.3 is 34.6 Å². The summed E-state index contributed by atoms with van der Waals surface area (Å²) < 4.78 is 17.6. The van der Waals surface area contributed by atoms with Crippen molar-refractivity contribution in [2.75, 3.05) is 69.3 Å². The van der Waals surface area contributed by atoms with Gasteiger partial charge in [-0.3, -0.25) is 9.78 Å². The minimum absolute atomic E-state index is 0.00426. The number of rotatable bonds is 8. The Hall–Kier alpha value is -3.77. The highest BCUT2D eigenvalue weighted by Gasteiger charge is 2.25. The van der Waals surface area contributed by atoms with Crippen molar-refractivity contribution in [3.63, 3.8) is 0 Å². The Morgan fingerprint density at radius 2 is 1.82 bits per heavy atom. The van der Waals surface area contributed by atoms with Gasteiger partial charge in [-0.2, -0.15) is 4.98 Å². The second-order valence-corrected chi connectivity index (χ2v) is 10.4. The van der Waals surface area contributed by atoms with Gasteiger partial charge in [-0.1, -0.05) is 0 Å². The van der Waals surface area contributed by atoms with Crippen molar-refractivity contribution in [3.05, 3.63) is 36.8 Å². The number of hydrogen-bond donors (Lipinski definition) is 2. The van der Waals surface area contributed by atoms with Crippen molar-refractivity contribution in [1.29, 1.82) is 0 Å². The topological polar surface area (TPSA) is 127 Å². The van der Waals surface area contributed by atoms with Crippen LogP contribution in [0, 0.1) is 0 Å². The van der Waals surface area contributed by atoms with Crippen LogP contribution in [-0.4, -0.2) is 102 Å². The number of anilines is 2. The number of ether oxygens (including phenoxy) is 3. The lowest BCUT2D eigenvalue weighted by Gasteiger charge is -2.31. The van der Waals surface area contributed by atoms with Crippen molar-refractivity contribution >= 4 is 28.6 Å². The average molecular weight is 549 g/mol. The Balaban J connectivity index is 1.00. The molecular formula is C28H36N8O4. The minimum Gasteiger partial charge on any atom is -0.481 e. The molecule has 1 amide bonds. The van der Waals surface area contributed by atoms with E-state index in [4.69, 9.17) is 19.2 Å². The van der Waals surface area contributed by atoms with Gasteiger partial charge in [0, 0.05) is 57.6 Å². The van der Waals surface area contributed by atoms with Gasteiger partial charge in [0.15, 0.2) is 12.4 Å². The Kier molecular flexibility index (Phi) is 8.33. The largest absolute Gasteiger partial charge is 0.481 e. The van der Waals surface area contributed by atoms with E-state index >= 15 is 0 Å². The summed E-state index contributed by atoms with van der Waals surface area (Å²) in [4.78, 5) is 34.6. The zero-order valence-corrected chi connectivity index (χ0v) is 22.6. The average Bonchev–Trinajstić information content (AvgIpc) is 3.02. The standard InChI is InChI=1S/C28H36N8O4/c37-26(36-10-8-29-9-11-36)19-39-22-17-31-28(32-18-22)33-20-3-5-21(6-4-20)40-27-23-2-1-7-30-24(23)16-25(34-27)35-12-14-38-15-13-35/h1-2,7,16-18,20-21,29H,3-6,8-15,19H2,(H,31,32,33). The maximum absolute atomic E-state index is 12.3. The predicted molar refractivity (Wildman–Crippen MR) is 150 cm³/mol. The quantitative estimate of drug-likeness (QED) is 0.428. The van der Waals surface area contributed by atoms with Gasteiger partial charge in [-0.05, 0) is 37.8 Å². The van der Waals surface area contributed by atoms with Gasteiger partial charge in [0.1, 0.15) is 11.9 Å². The number of nitrogens with zero attached hydrogens (tertiary/aromatic N) is 6. The van der Waals surface area contributed by atoms with E-state index in [1.54, 1.807) is 18.6 Å². The van der Waals surface area contributed by atoms with Crippen LogP contribution in [0.5, 0.6) is 11.6 Å². The van der Waals surface area contributed by atoms with Crippen LogP contribution >= 0.6 is 0 Å². The van der Waals surface area contributed by atoms with Crippen molar-refractivity contribution in [3.8, 4) is 11.6 Å². The van der Waals surface area contributed by atoms with Crippen LogP contribution in [0.15, 0.2) is 36.8 Å². The Morgan fingerprint density at radius 3 is 2.60 bits per heavy atom. The molecule has 40 heavy (non-hydrogen) atoms. The molecule has 0 atom stereocenters. The molecule has 1 saturated carbocycles. The van der Waals surface area contributed by atoms with Crippen LogP contribution in [-0.2, 0) is 9.53 Å². The molecule has 3 aromatic rings. The van der Waals surface area contributed by atoms with E-state index in [2.05, 4.69) is 30.5 Å². The number of morpholine rings is 1. The van der Waals surface area contributed by atoms with E-state index in [0.29, 0.717) is 43.9 Å². The van der Waals surface area contributed by atoms with Crippen LogP contribution in [0.2, 0.25) is 0 Å². The van der Waals surface area contributed by atoms with Gasteiger partial charge in [0.2, 0.25) is 11.8 Å². The Labute approximate surface area is 233 Å². The number of amides is 1. The monoisotopic (exact) mass is 548 g/mol. The molecule has 3 aliphatic rings. The molecule has 0 unspecified atom stereocenters. The summed E-state index contributed by atoms with van der Waals surface area (Å²) in [6.07, 6.45) is 8.79. The van der Waals surface area contributed by atoms with E-state index in [0.717, 1.165) is 68.6 Å². The number of aromatic nitrogens is 4. The third-order valence-electron chi connectivity index (χ3n) is 7.63. The molecule has 6 rings (SSSR count). The highest BCUT2D eigenvalue weighted by molar-refractivity contribution is 5.85. The first kappa shape index (κ1) is 26.5. The second kappa shape index (κ2) is 12.6. The molecule has 0 aromatic carbocycles. The third-order valence-corrected chi connectivity index (χ3v) is 7.63. The highest BCUT2D eigenvalue weighted by atomic mass is 16.5. The predicted octanol–water partition coefficient (Wildman–Crippen LogP) is 1.87. The maximum Gasteiger partial charge on any atom is 0.260 e. The number of piperazine rings is 1. The van der Waals surface area contributed by atoms with Crippen molar-refractivity contribution in [2.24, 2.45) is 0 Å². The molecule has 3 aromatic heterocycles. The van der Waals surface area contributed by atoms with Crippen LogP contribution in [0.4, 0.5) is 11.8 Å². The van der Waals surface area contributed by atoms with Gasteiger partial charge in [0.05, 0.1) is 36.5 Å². The van der Waals surface area contributed by atoms with Crippen molar-refractivity contribution < 1.29 is 19.0 Å². The van der Waals surface area contributed by atoms with E-state index in [9.17, 15) is 4.79 Å². The number of carbonyl (C=O) groups excluding carboxylic acids is 1. The molecule has 12 nitrogen and oxygen atoms in total. The first-order valence-electron chi connectivity index (χ1n) is 14.2. The van der Waals surface area contributed by atoms with E-state index < -0.39 is 0 Å². The number of nitrogens with one attached hydrogen (secondary N) is 2. The molecule has 12 heteroatoms. The highest BCUT2D eigenvalue weighted by Crippen LogP contribution is 2.31. The lowest BCUT2D eigenvalue weighted by atomic mass is 9.93. The van der Waals surface area contributed by atoms with E-state index in [1.807, 2.05) is 23.1 Å². The summed E-state index contributed by atoms with van der Waals surface area (Å²) in [5.41, 5.74) is 0.891. The maximum atomic E-state index is 12.3. The molecule has 0 spiro atoms. The fourth-order valence-electron chi connectivity index (χ4n) is 5.36. The first-order valence-corrected chi connectivity index (χ1v) is 14.2. The van der Waals surface area contributed by atoms with Gasteiger partial charge in [0.25, 0.3) is 5.91 Å². The molecule has 2 aliphatic heterocycles. The van der Waals surface area contributed by atoms with Crippen molar-refractivity contribution in [1.82, 2.24) is 30.2 Å². The summed E-state index contributed by atoms with van der Waals surface area (Å²) in [6.45, 7) is 6.07. The summed E-state index contributed by atoms with van der Waals surface area (Å²) in [5, 5.41) is 7.60. The summed E-state index contributed by atoms with van der Waals surface area (Å²) >= 11 is 0. The minimum atomic E-state index is -0.0186.